The van der Waals surface area contributed by atoms with E-state index in [1.54, 1.807) is 48.5 Å². The molecule has 0 aromatic heterocycles. The standard InChI is InChI=1S/C18H12N2O4/c19-9-12-5-1-2-6-13(12)11-24-16(21)10-20-15-8-4-3-7-14(15)17(22)18(20)23/h1-8H,10-11H2. The number of benzene rings is 2. The maximum absolute atomic E-state index is 12.0. The van der Waals surface area contributed by atoms with Gasteiger partial charge in [-0.15, -0.1) is 0 Å². The number of hydrogen-bond donors (Lipinski definition) is 0. The van der Waals surface area contributed by atoms with Gasteiger partial charge in [0.05, 0.1) is 22.9 Å². The van der Waals surface area contributed by atoms with Crippen molar-refractivity contribution < 1.29 is 19.1 Å². The third-order valence-corrected chi connectivity index (χ3v) is 3.69. The summed E-state index contributed by atoms with van der Waals surface area (Å²) in [4.78, 5) is 37.0. The number of carbonyl (C=O) groups is 3. The van der Waals surface area contributed by atoms with E-state index in [-0.39, 0.29) is 18.7 Å². The molecule has 24 heavy (non-hydrogen) atoms. The summed E-state index contributed by atoms with van der Waals surface area (Å²) in [7, 11) is 0. The summed E-state index contributed by atoms with van der Waals surface area (Å²) in [6.45, 7) is -0.420. The van der Waals surface area contributed by atoms with Crippen LogP contribution in [-0.2, 0) is 20.9 Å². The number of Topliss-reactive ketones (excluding diaryl/α,β-unsaturated/α-hetero) is 1. The number of ketones is 1. The van der Waals surface area contributed by atoms with Gasteiger partial charge in [-0.1, -0.05) is 30.3 Å². The average Bonchev–Trinajstić information content (AvgIpc) is 2.85. The van der Waals surface area contributed by atoms with Gasteiger partial charge in [0, 0.05) is 5.56 Å². The Labute approximate surface area is 137 Å². The van der Waals surface area contributed by atoms with Crippen molar-refractivity contribution in [1.82, 2.24) is 0 Å². The Bertz CT molecular complexity index is 883. The second kappa shape index (κ2) is 6.34. The van der Waals surface area contributed by atoms with Crippen molar-refractivity contribution in [1.29, 1.82) is 5.26 Å². The molecule has 0 fully saturated rings. The lowest BCUT2D eigenvalue weighted by Gasteiger charge is -2.15. The zero-order valence-corrected chi connectivity index (χ0v) is 12.6. The summed E-state index contributed by atoms with van der Waals surface area (Å²) >= 11 is 0. The molecule has 0 radical (unpaired) electrons. The molecule has 0 saturated heterocycles. The van der Waals surface area contributed by atoms with Crippen molar-refractivity contribution in [2.75, 3.05) is 11.4 Å². The van der Waals surface area contributed by atoms with Crippen molar-refractivity contribution in [2.45, 2.75) is 6.61 Å². The smallest absolute Gasteiger partial charge is 0.326 e. The Morgan fingerprint density at radius 1 is 1.08 bits per heavy atom. The first-order chi connectivity index (χ1) is 11.6. The second-order valence-electron chi connectivity index (χ2n) is 5.17. The van der Waals surface area contributed by atoms with E-state index in [0.29, 0.717) is 16.8 Å². The van der Waals surface area contributed by atoms with Gasteiger partial charge in [0.2, 0.25) is 0 Å². The molecule has 0 bridgehead atoms. The Morgan fingerprint density at radius 2 is 1.79 bits per heavy atom. The molecule has 1 aliphatic rings. The fraction of sp³-hybridized carbons (Fsp3) is 0.111. The van der Waals surface area contributed by atoms with E-state index < -0.39 is 17.7 Å². The number of ether oxygens (including phenoxy) is 1. The molecule has 1 heterocycles. The van der Waals surface area contributed by atoms with E-state index in [2.05, 4.69) is 0 Å². The predicted molar refractivity (Wildman–Crippen MR) is 84.1 cm³/mol. The molecule has 0 aliphatic carbocycles. The van der Waals surface area contributed by atoms with Crippen molar-refractivity contribution in [3.63, 3.8) is 0 Å². The largest absolute Gasteiger partial charge is 0.459 e. The molecule has 1 amide bonds. The molecule has 1 aliphatic heterocycles. The quantitative estimate of drug-likeness (QED) is 0.633. The lowest BCUT2D eigenvalue weighted by molar-refractivity contribution is -0.143. The van der Waals surface area contributed by atoms with E-state index >= 15 is 0 Å². The predicted octanol–water partition coefficient (Wildman–Crippen LogP) is 1.83. The summed E-state index contributed by atoms with van der Waals surface area (Å²) in [5.41, 5.74) is 1.69. The van der Waals surface area contributed by atoms with Gasteiger partial charge >= 0.3 is 5.97 Å². The molecule has 3 rings (SSSR count). The van der Waals surface area contributed by atoms with Crippen LogP contribution in [0.3, 0.4) is 0 Å². The van der Waals surface area contributed by atoms with E-state index in [1.807, 2.05) is 6.07 Å². The van der Waals surface area contributed by atoms with Crippen molar-refractivity contribution in [3.8, 4) is 6.07 Å². The first-order valence-corrected chi connectivity index (χ1v) is 7.20. The zero-order valence-electron chi connectivity index (χ0n) is 12.6. The van der Waals surface area contributed by atoms with Crippen LogP contribution in [0.25, 0.3) is 0 Å². The third-order valence-electron chi connectivity index (χ3n) is 3.69. The summed E-state index contributed by atoms with van der Waals surface area (Å²) in [6.07, 6.45) is 0. The number of fused-ring (bicyclic) bond motifs is 1. The average molecular weight is 320 g/mol. The minimum absolute atomic E-state index is 0.0693. The third kappa shape index (κ3) is 2.75. The minimum Gasteiger partial charge on any atom is -0.459 e. The monoisotopic (exact) mass is 320 g/mol. The SMILES string of the molecule is N#Cc1ccccc1COC(=O)CN1C(=O)C(=O)c2ccccc21. The number of amides is 1. The molecular weight excluding hydrogens is 308 g/mol. The number of para-hydroxylation sites is 1. The van der Waals surface area contributed by atoms with Gasteiger partial charge in [-0.2, -0.15) is 5.26 Å². The molecule has 0 atom stereocenters. The molecule has 0 N–H and O–H groups in total. The molecule has 6 heteroatoms. The Balaban J connectivity index is 1.69. The lowest BCUT2D eigenvalue weighted by atomic mass is 10.1. The molecule has 2 aromatic carbocycles. The highest BCUT2D eigenvalue weighted by Gasteiger charge is 2.36. The van der Waals surface area contributed by atoms with Crippen LogP contribution in [0.4, 0.5) is 5.69 Å². The molecule has 118 valence electrons. The van der Waals surface area contributed by atoms with E-state index in [0.717, 1.165) is 4.90 Å². The van der Waals surface area contributed by atoms with Gasteiger partial charge in [0.15, 0.2) is 0 Å². The number of nitriles is 1. The van der Waals surface area contributed by atoms with Crippen LogP contribution in [0, 0.1) is 11.3 Å². The van der Waals surface area contributed by atoms with Crippen LogP contribution < -0.4 is 4.90 Å². The number of rotatable bonds is 4. The van der Waals surface area contributed by atoms with Crippen molar-refractivity contribution >= 4 is 23.3 Å². The van der Waals surface area contributed by atoms with Gasteiger partial charge in [0.1, 0.15) is 13.2 Å². The maximum atomic E-state index is 12.0. The maximum Gasteiger partial charge on any atom is 0.326 e. The first-order valence-electron chi connectivity index (χ1n) is 7.20. The van der Waals surface area contributed by atoms with Crippen molar-refractivity contribution in [2.24, 2.45) is 0 Å². The molecule has 0 unspecified atom stereocenters. The van der Waals surface area contributed by atoms with Crippen LogP contribution in [0.2, 0.25) is 0 Å². The topological polar surface area (TPSA) is 87.5 Å². The highest BCUT2D eigenvalue weighted by atomic mass is 16.5. The van der Waals surface area contributed by atoms with E-state index in [9.17, 15) is 14.4 Å². The fourth-order valence-corrected chi connectivity index (χ4v) is 2.49. The number of hydrogen-bond acceptors (Lipinski definition) is 5. The number of esters is 1. The highest BCUT2D eigenvalue weighted by Crippen LogP contribution is 2.28. The normalized spacial score (nSPS) is 12.7. The first kappa shape index (κ1) is 15.4. The Morgan fingerprint density at radius 3 is 2.58 bits per heavy atom. The van der Waals surface area contributed by atoms with Crippen LogP contribution >= 0.6 is 0 Å². The molecule has 6 nitrogen and oxygen atoms in total. The second-order valence-corrected chi connectivity index (χ2v) is 5.17. The lowest BCUT2D eigenvalue weighted by Crippen LogP contribution is -2.35. The number of anilines is 1. The van der Waals surface area contributed by atoms with Gasteiger partial charge in [-0.05, 0) is 18.2 Å². The molecule has 0 saturated carbocycles. The summed E-state index contributed by atoms with van der Waals surface area (Å²) in [5.74, 6) is -2.03. The molecular formula is C18H12N2O4. The van der Waals surface area contributed by atoms with Gasteiger partial charge in [-0.3, -0.25) is 19.3 Å². The summed E-state index contributed by atoms with van der Waals surface area (Å²) < 4.78 is 5.14. The van der Waals surface area contributed by atoms with Gasteiger partial charge in [0.25, 0.3) is 11.7 Å². The van der Waals surface area contributed by atoms with Gasteiger partial charge < -0.3 is 4.74 Å². The zero-order chi connectivity index (χ0) is 17.1. The minimum atomic E-state index is -0.745. The van der Waals surface area contributed by atoms with E-state index in [4.69, 9.17) is 10.00 Å². The highest BCUT2D eigenvalue weighted by molar-refractivity contribution is 6.52. The van der Waals surface area contributed by atoms with Crippen LogP contribution in [0.5, 0.6) is 0 Å². The van der Waals surface area contributed by atoms with Crippen LogP contribution in [0.1, 0.15) is 21.5 Å². The Kier molecular flexibility index (Phi) is 4.08. The van der Waals surface area contributed by atoms with Gasteiger partial charge in [-0.25, -0.2) is 0 Å². The molecule has 2 aromatic rings. The molecule has 0 spiro atoms. The summed E-state index contributed by atoms with van der Waals surface area (Å²) in [5, 5.41) is 9.01. The van der Waals surface area contributed by atoms with E-state index in [1.165, 1.54) is 0 Å². The van der Waals surface area contributed by atoms with Crippen LogP contribution in [-0.4, -0.2) is 24.2 Å². The summed E-state index contributed by atoms with van der Waals surface area (Å²) in [6, 6.07) is 15.3. The fourth-order valence-electron chi connectivity index (χ4n) is 2.49. The number of carbonyl (C=O) groups excluding carboxylic acids is 3. The van der Waals surface area contributed by atoms with Crippen molar-refractivity contribution in [3.05, 3.63) is 65.2 Å². The number of nitrogens with zero attached hydrogens (tertiary/aromatic N) is 2. The Hall–Kier alpha value is -3.46. The van der Waals surface area contributed by atoms with Crippen LogP contribution in [0.15, 0.2) is 48.5 Å².